The average Bonchev–Trinajstić information content (AvgIpc) is 2.87. The summed E-state index contributed by atoms with van der Waals surface area (Å²) in [5.74, 6) is 0. The summed E-state index contributed by atoms with van der Waals surface area (Å²) in [6.07, 6.45) is 5.96. The highest BCUT2D eigenvalue weighted by molar-refractivity contribution is 5.86. The predicted molar refractivity (Wildman–Crippen MR) is 99.2 cm³/mol. The smallest absolute Gasteiger partial charge is 0.0486 e. The molecule has 3 heterocycles. The lowest BCUT2D eigenvalue weighted by molar-refractivity contribution is 0.228. The molecule has 1 aliphatic heterocycles. The number of likely N-dealkylation sites (N-methyl/N-ethyl adjacent to an activating group) is 1. The number of nitrogens with zero attached hydrogens (tertiary/aromatic N) is 3. The lowest BCUT2D eigenvalue weighted by atomic mass is 9.99. The zero-order valence-electron chi connectivity index (χ0n) is 14.8. The molecule has 0 spiro atoms. The third kappa shape index (κ3) is 2.63. The molecular weight excluding hydrogens is 294 g/mol. The van der Waals surface area contributed by atoms with Crippen molar-refractivity contribution in [1.82, 2.24) is 14.5 Å². The normalized spacial score (nSPS) is 18.0. The van der Waals surface area contributed by atoms with E-state index in [0.29, 0.717) is 6.04 Å². The quantitative estimate of drug-likeness (QED) is 0.728. The van der Waals surface area contributed by atoms with E-state index < -0.39 is 0 Å². The molecule has 4 rings (SSSR count). The number of aromatic nitrogens is 2. The Morgan fingerprint density at radius 2 is 1.96 bits per heavy atom. The second-order valence-electron chi connectivity index (χ2n) is 7.17. The van der Waals surface area contributed by atoms with Crippen LogP contribution in [0.25, 0.3) is 10.9 Å². The molecule has 0 saturated carbocycles. The summed E-state index contributed by atoms with van der Waals surface area (Å²) in [5, 5.41) is 1.44. The fourth-order valence-electron chi connectivity index (χ4n) is 3.89. The van der Waals surface area contributed by atoms with Gasteiger partial charge in [0.15, 0.2) is 0 Å². The first kappa shape index (κ1) is 15.4. The van der Waals surface area contributed by atoms with Gasteiger partial charge in [0, 0.05) is 54.5 Å². The van der Waals surface area contributed by atoms with Crippen molar-refractivity contribution in [3.63, 3.8) is 0 Å². The van der Waals surface area contributed by atoms with E-state index in [1.807, 2.05) is 12.4 Å². The Hall–Kier alpha value is -2.13. The minimum Gasteiger partial charge on any atom is -0.344 e. The molecule has 24 heavy (non-hydrogen) atoms. The molecule has 3 nitrogen and oxygen atoms in total. The number of fused-ring (bicyclic) bond motifs is 3. The molecule has 0 amide bonds. The molecule has 0 bridgehead atoms. The highest BCUT2D eigenvalue weighted by Gasteiger charge is 2.26. The first-order valence-electron chi connectivity index (χ1n) is 8.83. The van der Waals surface area contributed by atoms with E-state index >= 15 is 0 Å². The van der Waals surface area contributed by atoms with Crippen LogP contribution in [0, 0.1) is 6.92 Å². The largest absolute Gasteiger partial charge is 0.344 e. The molecule has 3 aromatic rings. The van der Waals surface area contributed by atoms with Gasteiger partial charge < -0.3 is 4.57 Å². The molecule has 1 atom stereocenters. The van der Waals surface area contributed by atoms with Crippen molar-refractivity contribution in [3.8, 4) is 0 Å². The zero-order chi connectivity index (χ0) is 16.7. The van der Waals surface area contributed by atoms with Gasteiger partial charge >= 0.3 is 0 Å². The van der Waals surface area contributed by atoms with Crippen molar-refractivity contribution in [2.75, 3.05) is 7.05 Å². The van der Waals surface area contributed by atoms with E-state index in [1.54, 1.807) is 0 Å². The van der Waals surface area contributed by atoms with Crippen LogP contribution in [0.5, 0.6) is 0 Å². The summed E-state index contributed by atoms with van der Waals surface area (Å²) >= 11 is 0. The van der Waals surface area contributed by atoms with Crippen LogP contribution in [0.1, 0.15) is 29.3 Å². The van der Waals surface area contributed by atoms with Gasteiger partial charge in [-0.2, -0.15) is 0 Å². The van der Waals surface area contributed by atoms with Gasteiger partial charge in [0.05, 0.1) is 0 Å². The van der Waals surface area contributed by atoms with E-state index in [2.05, 4.69) is 65.7 Å². The Morgan fingerprint density at radius 1 is 1.17 bits per heavy atom. The summed E-state index contributed by atoms with van der Waals surface area (Å²) in [7, 11) is 2.24. The molecule has 1 unspecified atom stereocenters. The van der Waals surface area contributed by atoms with E-state index in [4.69, 9.17) is 0 Å². The standard InChI is InChI=1S/C21H25N3/c1-15-4-5-20-18(12-15)19-14-23(3)16(2)13-21(19)24(20)11-8-17-6-9-22-10-7-17/h4-7,9-10,12,16H,8,11,13-14H2,1-3H3. The van der Waals surface area contributed by atoms with Crippen molar-refractivity contribution >= 4 is 10.9 Å². The molecule has 1 aliphatic rings. The fourth-order valence-corrected chi connectivity index (χ4v) is 3.89. The van der Waals surface area contributed by atoms with Gasteiger partial charge in [0.25, 0.3) is 0 Å². The Kier molecular flexibility index (Phi) is 3.89. The Bertz CT molecular complexity index is 864. The van der Waals surface area contributed by atoms with E-state index in [0.717, 1.165) is 25.9 Å². The number of aryl methyl sites for hydroxylation is 3. The van der Waals surface area contributed by atoms with Gasteiger partial charge in [-0.25, -0.2) is 0 Å². The maximum Gasteiger partial charge on any atom is 0.0486 e. The monoisotopic (exact) mass is 319 g/mol. The molecule has 0 saturated heterocycles. The minimum absolute atomic E-state index is 0.600. The number of benzene rings is 1. The molecule has 2 aromatic heterocycles. The molecule has 3 heteroatoms. The maximum atomic E-state index is 4.13. The van der Waals surface area contributed by atoms with Gasteiger partial charge in [-0.15, -0.1) is 0 Å². The Morgan fingerprint density at radius 3 is 2.75 bits per heavy atom. The first-order valence-corrected chi connectivity index (χ1v) is 8.83. The number of hydrogen-bond acceptors (Lipinski definition) is 2. The van der Waals surface area contributed by atoms with Crippen LogP contribution in [-0.2, 0) is 25.9 Å². The molecular formula is C21H25N3. The number of pyridine rings is 1. The van der Waals surface area contributed by atoms with E-state index in [1.165, 1.54) is 33.3 Å². The van der Waals surface area contributed by atoms with Gasteiger partial charge in [0.2, 0.25) is 0 Å². The predicted octanol–water partition coefficient (Wildman–Crippen LogP) is 3.96. The lowest BCUT2D eigenvalue weighted by Gasteiger charge is -2.31. The molecule has 1 aromatic carbocycles. The number of hydrogen-bond donors (Lipinski definition) is 0. The summed E-state index contributed by atoms with van der Waals surface area (Å²) in [4.78, 5) is 6.60. The van der Waals surface area contributed by atoms with Crippen molar-refractivity contribution in [1.29, 1.82) is 0 Å². The first-order chi connectivity index (χ1) is 11.6. The minimum atomic E-state index is 0.600. The van der Waals surface area contributed by atoms with E-state index in [9.17, 15) is 0 Å². The molecule has 0 N–H and O–H groups in total. The highest BCUT2D eigenvalue weighted by Crippen LogP contribution is 2.33. The Labute approximate surface area is 143 Å². The van der Waals surface area contributed by atoms with Crippen molar-refractivity contribution in [2.45, 2.75) is 45.8 Å². The van der Waals surface area contributed by atoms with Crippen LogP contribution in [0.15, 0.2) is 42.7 Å². The average molecular weight is 319 g/mol. The molecule has 124 valence electrons. The second-order valence-corrected chi connectivity index (χ2v) is 7.17. The third-order valence-corrected chi connectivity index (χ3v) is 5.46. The van der Waals surface area contributed by atoms with Gasteiger partial charge in [0.1, 0.15) is 0 Å². The summed E-state index contributed by atoms with van der Waals surface area (Å²) < 4.78 is 2.56. The highest BCUT2D eigenvalue weighted by atomic mass is 15.1. The van der Waals surface area contributed by atoms with E-state index in [-0.39, 0.29) is 0 Å². The zero-order valence-corrected chi connectivity index (χ0v) is 14.8. The maximum absolute atomic E-state index is 4.13. The van der Waals surface area contributed by atoms with Crippen molar-refractivity contribution in [3.05, 3.63) is 65.1 Å². The molecule has 0 fully saturated rings. The summed E-state index contributed by atoms with van der Waals surface area (Å²) in [5.41, 5.74) is 7.16. The van der Waals surface area contributed by atoms with Crippen molar-refractivity contribution in [2.24, 2.45) is 0 Å². The number of rotatable bonds is 3. The lowest BCUT2D eigenvalue weighted by Crippen LogP contribution is -2.35. The van der Waals surface area contributed by atoms with Crippen LogP contribution < -0.4 is 0 Å². The molecule has 0 radical (unpaired) electrons. The van der Waals surface area contributed by atoms with Crippen molar-refractivity contribution < 1.29 is 0 Å². The van der Waals surface area contributed by atoms with Gasteiger partial charge in [-0.1, -0.05) is 11.6 Å². The van der Waals surface area contributed by atoms with Crippen LogP contribution >= 0.6 is 0 Å². The van der Waals surface area contributed by atoms with Gasteiger partial charge in [-0.05, 0) is 62.7 Å². The third-order valence-electron chi connectivity index (χ3n) is 5.46. The Balaban J connectivity index is 1.78. The summed E-state index contributed by atoms with van der Waals surface area (Å²) in [6, 6.07) is 11.8. The van der Waals surface area contributed by atoms with Crippen LogP contribution in [0.4, 0.5) is 0 Å². The summed E-state index contributed by atoms with van der Waals surface area (Å²) in [6.45, 7) is 6.61. The topological polar surface area (TPSA) is 21.1 Å². The fraction of sp³-hybridized carbons (Fsp3) is 0.381. The second kappa shape index (κ2) is 6.06. The van der Waals surface area contributed by atoms with Crippen LogP contribution in [-0.4, -0.2) is 27.5 Å². The SMILES string of the molecule is Cc1ccc2c(c1)c1c(n2CCc2ccncc2)CC(C)N(C)C1. The van der Waals surface area contributed by atoms with Crippen LogP contribution in [0.3, 0.4) is 0 Å². The van der Waals surface area contributed by atoms with Crippen LogP contribution in [0.2, 0.25) is 0 Å². The molecule has 0 aliphatic carbocycles. The van der Waals surface area contributed by atoms with Gasteiger partial charge in [-0.3, -0.25) is 9.88 Å².